The summed E-state index contributed by atoms with van der Waals surface area (Å²) >= 11 is 0. The third-order valence-electron chi connectivity index (χ3n) is 5.70. The van der Waals surface area contributed by atoms with Gasteiger partial charge in [-0.15, -0.1) is 0 Å². The van der Waals surface area contributed by atoms with Crippen LogP contribution in [0.25, 0.3) is 0 Å². The minimum Gasteiger partial charge on any atom is -0.356 e. The summed E-state index contributed by atoms with van der Waals surface area (Å²) in [7, 11) is 0. The average molecular weight is 396 g/mol. The van der Waals surface area contributed by atoms with Gasteiger partial charge in [0.15, 0.2) is 5.79 Å². The summed E-state index contributed by atoms with van der Waals surface area (Å²) in [6, 6.07) is 7.83. The number of ether oxygens (including phenoxy) is 2. The number of piperidine rings is 1. The van der Waals surface area contributed by atoms with Gasteiger partial charge in [0.1, 0.15) is 17.3 Å². The van der Waals surface area contributed by atoms with E-state index in [1.165, 1.54) is 0 Å². The van der Waals surface area contributed by atoms with Crippen molar-refractivity contribution in [3.8, 4) is 0 Å². The van der Waals surface area contributed by atoms with Crippen LogP contribution in [0.1, 0.15) is 47.2 Å². The van der Waals surface area contributed by atoms with Gasteiger partial charge in [-0.25, -0.2) is 9.97 Å². The number of carbonyl (C=O) groups is 1. The molecule has 4 rings (SSSR count). The van der Waals surface area contributed by atoms with Gasteiger partial charge in [-0.1, -0.05) is 25.1 Å². The Bertz CT molecular complexity index is 899. The van der Waals surface area contributed by atoms with E-state index in [1.807, 2.05) is 32.0 Å². The number of para-hydroxylation sites is 1. The van der Waals surface area contributed by atoms with Crippen LogP contribution in [0.15, 0.2) is 24.3 Å². The van der Waals surface area contributed by atoms with Crippen molar-refractivity contribution in [2.24, 2.45) is 0 Å². The Hall–Kier alpha value is -2.51. The van der Waals surface area contributed by atoms with E-state index in [0.717, 1.165) is 55.0 Å². The van der Waals surface area contributed by atoms with Gasteiger partial charge in [-0.3, -0.25) is 4.79 Å². The number of aryl methyl sites for hydroxylation is 3. The topological polar surface area (TPSA) is 76.6 Å². The van der Waals surface area contributed by atoms with E-state index in [9.17, 15) is 4.79 Å². The van der Waals surface area contributed by atoms with Gasteiger partial charge >= 0.3 is 0 Å². The van der Waals surface area contributed by atoms with E-state index >= 15 is 0 Å². The first-order chi connectivity index (χ1) is 14.0. The largest absolute Gasteiger partial charge is 0.356 e. The van der Waals surface area contributed by atoms with Gasteiger partial charge in [0.2, 0.25) is 0 Å². The minimum atomic E-state index is -0.430. The zero-order valence-corrected chi connectivity index (χ0v) is 17.3. The lowest BCUT2D eigenvalue weighted by Crippen LogP contribution is -2.45. The van der Waals surface area contributed by atoms with Crippen LogP contribution in [0, 0.1) is 13.8 Å². The zero-order valence-electron chi connectivity index (χ0n) is 17.3. The van der Waals surface area contributed by atoms with Crippen molar-refractivity contribution in [1.82, 2.24) is 9.97 Å². The third-order valence-corrected chi connectivity index (χ3v) is 5.70. The standard InChI is InChI=1S/C22H28N4O3/c1-4-17-7-5-6-15(2)20(17)25-21(27)18-14-19(24-16(3)23-18)26-10-8-22(9-11-26)28-12-13-29-22/h5-7,14H,4,8-13H2,1-3H3,(H,25,27). The Labute approximate surface area is 171 Å². The molecule has 2 aromatic rings. The lowest BCUT2D eigenvalue weighted by molar-refractivity contribution is -0.169. The number of amides is 1. The fraction of sp³-hybridized carbons (Fsp3) is 0.500. The predicted octanol–water partition coefficient (Wildman–Crippen LogP) is 3.25. The average Bonchev–Trinajstić information content (AvgIpc) is 3.17. The van der Waals surface area contributed by atoms with Crippen molar-refractivity contribution in [3.05, 3.63) is 46.9 Å². The van der Waals surface area contributed by atoms with Gasteiger partial charge in [-0.2, -0.15) is 0 Å². The van der Waals surface area contributed by atoms with Gasteiger partial charge in [-0.05, 0) is 31.4 Å². The molecular weight excluding hydrogens is 368 g/mol. The number of nitrogens with one attached hydrogen (secondary N) is 1. The molecule has 0 aliphatic carbocycles. The number of aromatic nitrogens is 2. The lowest BCUT2D eigenvalue weighted by Gasteiger charge is -2.38. The summed E-state index contributed by atoms with van der Waals surface area (Å²) in [6.07, 6.45) is 2.44. The van der Waals surface area contributed by atoms with Gasteiger partial charge in [0.25, 0.3) is 5.91 Å². The number of benzene rings is 1. The van der Waals surface area contributed by atoms with Gasteiger partial charge in [0, 0.05) is 37.7 Å². The molecule has 0 unspecified atom stereocenters. The first kappa shape index (κ1) is 19.8. The molecule has 7 heteroatoms. The normalized spacial score (nSPS) is 18.2. The first-order valence-corrected chi connectivity index (χ1v) is 10.3. The molecule has 0 radical (unpaired) electrons. The molecule has 1 aromatic heterocycles. The van der Waals surface area contributed by atoms with Crippen molar-refractivity contribution >= 4 is 17.4 Å². The Morgan fingerprint density at radius 3 is 2.59 bits per heavy atom. The lowest BCUT2D eigenvalue weighted by atomic mass is 10.0. The van der Waals surface area contributed by atoms with Crippen molar-refractivity contribution in [1.29, 1.82) is 0 Å². The second kappa shape index (κ2) is 8.08. The van der Waals surface area contributed by atoms with Crippen LogP contribution >= 0.6 is 0 Å². The molecule has 0 bridgehead atoms. The Morgan fingerprint density at radius 2 is 1.90 bits per heavy atom. The van der Waals surface area contributed by atoms with E-state index in [-0.39, 0.29) is 5.91 Å². The Balaban J connectivity index is 1.52. The van der Waals surface area contributed by atoms with Crippen molar-refractivity contribution in [2.75, 3.05) is 36.5 Å². The second-order valence-electron chi connectivity index (χ2n) is 7.67. The van der Waals surface area contributed by atoms with Crippen LogP contribution in [-0.4, -0.2) is 48.0 Å². The highest BCUT2D eigenvalue weighted by atomic mass is 16.7. The number of hydrogen-bond acceptors (Lipinski definition) is 6. The maximum Gasteiger partial charge on any atom is 0.274 e. The molecule has 2 aliphatic rings. The molecule has 2 aliphatic heterocycles. The maximum absolute atomic E-state index is 13.0. The molecule has 1 N–H and O–H groups in total. The molecule has 0 atom stereocenters. The van der Waals surface area contributed by atoms with Crippen LogP contribution in [0.3, 0.4) is 0 Å². The first-order valence-electron chi connectivity index (χ1n) is 10.3. The molecule has 7 nitrogen and oxygen atoms in total. The summed E-state index contributed by atoms with van der Waals surface area (Å²) in [5, 5.41) is 3.06. The van der Waals surface area contributed by atoms with Crippen LogP contribution in [-0.2, 0) is 15.9 Å². The SMILES string of the molecule is CCc1cccc(C)c1NC(=O)c1cc(N2CCC3(CC2)OCCO3)nc(C)n1. The van der Waals surface area contributed by atoms with E-state index in [4.69, 9.17) is 9.47 Å². The molecule has 1 amide bonds. The second-order valence-corrected chi connectivity index (χ2v) is 7.67. The summed E-state index contributed by atoms with van der Waals surface area (Å²) < 4.78 is 11.6. The number of anilines is 2. The number of rotatable bonds is 4. The van der Waals surface area contributed by atoms with E-state index in [0.29, 0.717) is 24.7 Å². The van der Waals surface area contributed by atoms with Crippen molar-refractivity contribution in [2.45, 2.75) is 45.8 Å². The maximum atomic E-state index is 13.0. The molecule has 1 aromatic carbocycles. The van der Waals surface area contributed by atoms with Crippen molar-refractivity contribution in [3.63, 3.8) is 0 Å². The predicted molar refractivity (Wildman–Crippen MR) is 111 cm³/mol. The number of hydrogen-bond donors (Lipinski definition) is 1. The van der Waals surface area contributed by atoms with Gasteiger partial charge in [0.05, 0.1) is 13.2 Å². The molecule has 3 heterocycles. The van der Waals surface area contributed by atoms with E-state index in [2.05, 4.69) is 27.1 Å². The summed E-state index contributed by atoms with van der Waals surface area (Å²) in [5.41, 5.74) is 3.41. The van der Waals surface area contributed by atoms with Crippen LogP contribution < -0.4 is 10.2 Å². The highest BCUT2D eigenvalue weighted by Gasteiger charge is 2.40. The Morgan fingerprint density at radius 1 is 1.17 bits per heavy atom. The smallest absolute Gasteiger partial charge is 0.274 e. The minimum absolute atomic E-state index is 0.211. The molecule has 29 heavy (non-hydrogen) atoms. The van der Waals surface area contributed by atoms with Crippen LogP contribution in [0.2, 0.25) is 0 Å². The van der Waals surface area contributed by atoms with Crippen molar-refractivity contribution < 1.29 is 14.3 Å². The summed E-state index contributed by atoms with van der Waals surface area (Å²) in [6.45, 7) is 8.77. The number of nitrogens with zero attached hydrogens (tertiary/aromatic N) is 3. The van der Waals surface area contributed by atoms with E-state index in [1.54, 1.807) is 6.07 Å². The molecule has 154 valence electrons. The Kier molecular flexibility index (Phi) is 5.52. The quantitative estimate of drug-likeness (QED) is 0.855. The van der Waals surface area contributed by atoms with E-state index < -0.39 is 5.79 Å². The fourth-order valence-electron chi connectivity index (χ4n) is 4.07. The summed E-state index contributed by atoms with van der Waals surface area (Å²) in [4.78, 5) is 24.1. The molecule has 2 fully saturated rings. The highest BCUT2D eigenvalue weighted by Crippen LogP contribution is 2.33. The molecular formula is C22H28N4O3. The van der Waals surface area contributed by atoms with Crippen LogP contribution in [0.5, 0.6) is 0 Å². The monoisotopic (exact) mass is 396 g/mol. The molecule has 1 spiro atoms. The molecule has 2 saturated heterocycles. The van der Waals surface area contributed by atoms with Crippen LogP contribution in [0.4, 0.5) is 11.5 Å². The fourth-order valence-corrected chi connectivity index (χ4v) is 4.07. The molecule has 0 saturated carbocycles. The van der Waals surface area contributed by atoms with Gasteiger partial charge < -0.3 is 19.7 Å². The third kappa shape index (κ3) is 4.11. The summed E-state index contributed by atoms with van der Waals surface area (Å²) in [5.74, 6) is 0.717. The number of carbonyl (C=O) groups excluding carboxylic acids is 1. The highest BCUT2D eigenvalue weighted by molar-refractivity contribution is 6.04. The zero-order chi connectivity index (χ0) is 20.4.